The molecule has 0 atom stereocenters. The lowest BCUT2D eigenvalue weighted by Crippen LogP contribution is -2.08. The van der Waals surface area contributed by atoms with Crippen molar-refractivity contribution in [3.63, 3.8) is 0 Å². The van der Waals surface area contributed by atoms with Gasteiger partial charge < -0.3 is 4.74 Å². The second kappa shape index (κ2) is 5.93. The fourth-order valence-electron chi connectivity index (χ4n) is 2.16. The van der Waals surface area contributed by atoms with Gasteiger partial charge in [-0.2, -0.15) is 10.4 Å². The Morgan fingerprint density at radius 2 is 2.05 bits per heavy atom. The van der Waals surface area contributed by atoms with E-state index in [1.807, 2.05) is 0 Å². The van der Waals surface area contributed by atoms with E-state index in [-0.39, 0.29) is 17.9 Å². The molecular weight excluding hydrogens is 292 g/mol. The summed E-state index contributed by atoms with van der Waals surface area (Å²) in [6, 6.07) is 3.24. The molecule has 0 saturated heterocycles. The quantitative estimate of drug-likeness (QED) is 0.818. The summed E-state index contributed by atoms with van der Waals surface area (Å²) in [4.78, 5) is 11.9. The number of carbonyl (C=O) groups excluding carboxylic acids is 1. The van der Waals surface area contributed by atoms with E-state index in [2.05, 4.69) is 5.10 Å². The summed E-state index contributed by atoms with van der Waals surface area (Å²) < 4.78 is 33.8. The predicted molar refractivity (Wildman–Crippen MR) is 73.6 cm³/mol. The lowest BCUT2D eigenvalue weighted by atomic mass is 10.1. The number of carbonyl (C=O) groups is 1. The maximum absolute atomic E-state index is 14.1. The number of hydrogen-bond acceptors (Lipinski definition) is 4. The van der Waals surface area contributed by atoms with Crippen molar-refractivity contribution < 1.29 is 18.3 Å². The van der Waals surface area contributed by atoms with Crippen LogP contribution in [0.5, 0.6) is 0 Å². The topological polar surface area (TPSA) is 67.9 Å². The fourth-order valence-corrected chi connectivity index (χ4v) is 2.16. The molecule has 0 unspecified atom stereocenters. The molecule has 0 fully saturated rings. The molecule has 1 aromatic heterocycles. The van der Waals surface area contributed by atoms with E-state index in [0.29, 0.717) is 11.4 Å². The average Bonchev–Trinajstić information content (AvgIpc) is 2.76. The van der Waals surface area contributed by atoms with Gasteiger partial charge in [-0.25, -0.2) is 18.3 Å². The third kappa shape index (κ3) is 2.55. The summed E-state index contributed by atoms with van der Waals surface area (Å²) in [6.07, 6.45) is 0. The van der Waals surface area contributed by atoms with E-state index in [4.69, 9.17) is 10.00 Å². The fraction of sp³-hybridized carbons (Fsp3) is 0.267. The van der Waals surface area contributed by atoms with Gasteiger partial charge in [0.25, 0.3) is 0 Å². The number of benzene rings is 1. The SMILES string of the molecule is CCOC(=O)c1c(C)nn(-c2cc(F)c(C#N)cc2F)c1C. The third-order valence-electron chi connectivity index (χ3n) is 3.16. The van der Waals surface area contributed by atoms with Gasteiger partial charge in [-0.05, 0) is 26.8 Å². The Balaban J connectivity index is 2.61. The number of hydrogen-bond donors (Lipinski definition) is 0. The number of nitriles is 1. The zero-order valence-corrected chi connectivity index (χ0v) is 12.3. The van der Waals surface area contributed by atoms with Gasteiger partial charge in [-0.3, -0.25) is 0 Å². The summed E-state index contributed by atoms with van der Waals surface area (Å²) >= 11 is 0. The lowest BCUT2D eigenvalue weighted by molar-refractivity contribution is 0.0524. The molecule has 0 spiro atoms. The van der Waals surface area contributed by atoms with Crippen LogP contribution in [0.2, 0.25) is 0 Å². The number of ether oxygens (including phenoxy) is 1. The molecule has 0 aliphatic rings. The minimum absolute atomic E-state index is 0.173. The van der Waals surface area contributed by atoms with Crippen LogP contribution in [0, 0.1) is 36.8 Å². The molecule has 7 heteroatoms. The Labute approximate surface area is 125 Å². The summed E-state index contributed by atoms with van der Waals surface area (Å²) in [7, 11) is 0. The number of nitrogens with zero attached hydrogens (tertiary/aromatic N) is 3. The van der Waals surface area contributed by atoms with Crippen molar-refractivity contribution in [2.75, 3.05) is 6.61 Å². The summed E-state index contributed by atoms with van der Waals surface area (Å²) in [5.41, 5.74) is 0.325. The van der Waals surface area contributed by atoms with Gasteiger partial charge in [0.05, 0.1) is 23.6 Å². The molecule has 1 aromatic carbocycles. The Morgan fingerprint density at radius 3 is 2.64 bits per heavy atom. The first-order chi connectivity index (χ1) is 10.4. The van der Waals surface area contributed by atoms with Crippen LogP contribution in [0.4, 0.5) is 8.78 Å². The minimum atomic E-state index is -0.857. The van der Waals surface area contributed by atoms with E-state index < -0.39 is 23.2 Å². The molecule has 0 radical (unpaired) electrons. The molecule has 0 aliphatic heterocycles. The van der Waals surface area contributed by atoms with Gasteiger partial charge in [0, 0.05) is 6.07 Å². The first kappa shape index (κ1) is 15.6. The zero-order chi connectivity index (χ0) is 16.4. The molecule has 2 aromatic rings. The summed E-state index contributed by atoms with van der Waals surface area (Å²) in [6.45, 7) is 5.00. The maximum atomic E-state index is 14.1. The molecule has 0 aliphatic carbocycles. The largest absolute Gasteiger partial charge is 0.462 e. The van der Waals surface area contributed by atoms with Gasteiger partial charge >= 0.3 is 5.97 Å². The van der Waals surface area contributed by atoms with Crippen LogP contribution in [0.1, 0.15) is 34.2 Å². The van der Waals surface area contributed by atoms with Crippen LogP contribution in [0.3, 0.4) is 0 Å². The first-order valence-corrected chi connectivity index (χ1v) is 6.53. The Kier molecular flexibility index (Phi) is 4.22. The van der Waals surface area contributed by atoms with Crippen molar-refractivity contribution in [1.29, 1.82) is 5.26 Å². The molecule has 0 saturated carbocycles. The highest BCUT2D eigenvalue weighted by Crippen LogP contribution is 2.23. The van der Waals surface area contributed by atoms with Crippen LogP contribution in [-0.4, -0.2) is 22.4 Å². The number of rotatable bonds is 3. The molecule has 0 amide bonds. The molecule has 0 N–H and O–H groups in total. The Hall–Kier alpha value is -2.75. The second-order valence-corrected chi connectivity index (χ2v) is 4.57. The van der Waals surface area contributed by atoms with Crippen LogP contribution in [0.25, 0.3) is 5.69 Å². The highest BCUT2D eigenvalue weighted by molar-refractivity contribution is 5.92. The van der Waals surface area contributed by atoms with Crippen LogP contribution >= 0.6 is 0 Å². The highest BCUT2D eigenvalue weighted by atomic mass is 19.1. The van der Waals surface area contributed by atoms with Crippen molar-refractivity contribution in [2.45, 2.75) is 20.8 Å². The zero-order valence-electron chi connectivity index (χ0n) is 12.3. The number of halogens is 2. The molecule has 1 heterocycles. The van der Waals surface area contributed by atoms with Crippen molar-refractivity contribution in [2.24, 2.45) is 0 Å². The molecular formula is C15H13F2N3O2. The normalized spacial score (nSPS) is 10.4. The summed E-state index contributed by atoms with van der Waals surface area (Å²) in [5, 5.41) is 12.8. The van der Waals surface area contributed by atoms with E-state index in [9.17, 15) is 13.6 Å². The van der Waals surface area contributed by atoms with Gasteiger partial charge in [-0.1, -0.05) is 0 Å². The smallest absolute Gasteiger partial charge is 0.341 e. The average molecular weight is 305 g/mol. The van der Waals surface area contributed by atoms with Crippen LogP contribution < -0.4 is 0 Å². The van der Waals surface area contributed by atoms with Crippen molar-refractivity contribution in [3.8, 4) is 11.8 Å². The first-order valence-electron chi connectivity index (χ1n) is 6.53. The molecule has 5 nitrogen and oxygen atoms in total. The third-order valence-corrected chi connectivity index (χ3v) is 3.16. The van der Waals surface area contributed by atoms with Gasteiger partial charge in [0.2, 0.25) is 0 Å². The van der Waals surface area contributed by atoms with Gasteiger partial charge in [0.1, 0.15) is 29.0 Å². The van der Waals surface area contributed by atoms with E-state index >= 15 is 0 Å². The molecule has 0 bridgehead atoms. The second-order valence-electron chi connectivity index (χ2n) is 4.57. The van der Waals surface area contributed by atoms with Crippen LogP contribution in [0.15, 0.2) is 12.1 Å². The van der Waals surface area contributed by atoms with Crippen molar-refractivity contribution in [3.05, 3.63) is 46.3 Å². The lowest BCUT2D eigenvalue weighted by Gasteiger charge is -2.07. The van der Waals surface area contributed by atoms with E-state index in [0.717, 1.165) is 16.8 Å². The van der Waals surface area contributed by atoms with E-state index in [1.54, 1.807) is 26.8 Å². The van der Waals surface area contributed by atoms with Crippen molar-refractivity contribution in [1.82, 2.24) is 9.78 Å². The predicted octanol–water partition coefficient (Wildman–Crippen LogP) is 2.82. The molecule has 2 rings (SSSR count). The Morgan fingerprint density at radius 1 is 1.36 bits per heavy atom. The standard InChI is InChI=1S/C15H13F2N3O2/c1-4-22-15(21)14-8(2)19-20(9(14)3)13-6-11(16)10(7-18)5-12(13)17/h5-6H,4H2,1-3H3. The number of esters is 1. The van der Waals surface area contributed by atoms with Gasteiger partial charge in [0.15, 0.2) is 0 Å². The minimum Gasteiger partial charge on any atom is -0.462 e. The van der Waals surface area contributed by atoms with E-state index in [1.165, 1.54) is 0 Å². The van der Waals surface area contributed by atoms with Gasteiger partial charge in [-0.15, -0.1) is 0 Å². The maximum Gasteiger partial charge on any atom is 0.341 e. The highest BCUT2D eigenvalue weighted by Gasteiger charge is 2.22. The summed E-state index contributed by atoms with van der Waals surface area (Å²) in [5.74, 6) is -2.23. The Bertz CT molecular complexity index is 791. The number of aryl methyl sites for hydroxylation is 1. The van der Waals surface area contributed by atoms with Crippen LogP contribution in [-0.2, 0) is 4.74 Å². The monoisotopic (exact) mass is 305 g/mol. The number of aromatic nitrogens is 2. The molecule has 22 heavy (non-hydrogen) atoms. The van der Waals surface area contributed by atoms with Crippen molar-refractivity contribution >= 4 is 5.97 Å². The molecule has 114 valence electrons.